The second kappa shape index (κ2) is 21.6. The molecule has 0 bridgehead atoms. The first-order valence-corrected chi connectivity index (χ1v) is 20.2. The molecule has 2 amide bonds. The maximum Gasteiger partial charge on any atom is 0.293 e. The molecule has 318 valence electrons. The molecule has 13 heteroatoms. The molecule has 59 heavy (non-hydrogen) atoms. The van der Waals surface area contributed by atoms with Crippen molar-refractivity contribution in [3.63, 3.8) is 0 Å². The van der Waals surface area contributed by atoms with E-state index < -0.39 is 17.5 Å². The summed E-state index contributed by atoms with van der Waals surface area (Å²) in [6, 6.07) is 14.4. The van der Waals surface area contributed by atoms with Gasteiger partial charge in [0, 0.05) is 61.2 Å². The summed E-state index contributed by atoms with van der Waals surface area (Å²) in [4.78, 5) is 54.5. The van der Waals surface area contributed by atoms with Crippen molar-refractivity contribution in [3.05, 3.63) is 84.2 Å². The Hall–Kier alpha value is -5.37. The van der Waals surface area contributed by atoms with Gasteiger partial charge in [-0.25, -0.2) is 5.43 Å². The summed E-state index contributed by atoms with van der Waals surface area (Å²) in [5.74, 6) is -0.327. The Balaban J connectivity index is 0.00000184. The maximum absolute atomic E-state index is 14.0. The van der Waals surface area contributed by atoms with Crippen molar-refractivity contribution in [1.82, 2.24) is 30.2 Å². The van der Waals surface area contributed by atoms with Crippen molar-refractivity contribution in [2.45, 2.75) is 85.5 Å². The van der Waals surface area contributed by atoms with Gasteiger partial charge in [-0.2, -0.15) is 0 Å². The standard InChI is InChI=1S/C43H58N6O6.C3H4O/c1-9-48-38-15-14-30(23-34(38)35(24-43(4,5)26-55-27-50)40(48)33-13-12-16-44-37(33)25-54-8)31-19-29(20-32(51)22-31)21-36(42(53)49-18-11-10-17-45-49)46-41(52)39(28(2)3)47(6)7;1-2-3-4/h12-16,19-20,22-23,27-28,36,39,45,51H,9-11,17-18,21,24-26H2,1-8H3,(H,46,52);2-3H,1H2. The number of nitrogens with zero attached hydrogens (tertiary/aromatic N) is 4. The van der Waals surface area contributed by atoms with Crippen LogP contribution in [0.2, 0.25) is 0 Å². The lowest BCUT2D eigenvalue weighted by atomic mass is 9.84. The number of benzene rings is 2. The van der Waals surface area contributed by atoms with Crippen LogP contribution in [-0.2, 0) is 54.6 Å². The number of carbonyl (C=O) groups is 4. The van der Waals surface area contributed by atoms with Gasteiger partial charge in [0.15, 0.2) is 0 Å². The summed E-state index contributed by atoms with van der Waals surface area (Å²) in [5, 5.41) is 16.8. The third-order valence-corrected chi connectivity index (χ3v) is 10.4. The highest BCUT2D eigenvalue weighted by Gasteiger charge is 2.33. The third kappa shape index (κ3) is 11.9. The second-order valence-electron chi connectivity index (χ2n) is 16.3. The highest BCUT2D eigenvalue weighted by atomic mass is 16.5. The van der Waals surface area contributed by atoms with E-state index >= 15 is 0 Å². The number of phenolic OH excluding ortho intramolecular Hbond substituents is 1. The van der Waals surface area contributed by atoms with E-state index in [4.69, 9.17) is 14.3 Å². The van der Waals surface area contributed by atoms with E-state index in [1.165, 1.54) is 6.08 Å². The minimum Gasteiger partial charge on any atom is -0.508 e. The first kappa shape index (κ1) is 46.3. The number of phenols is 1. The third-order valence-electron chi connectivity index (χ3n) is 10.4. The Bertz CT molecular complexity index is 2050. The number of likely N-dealkylation sites (N-methyl/N-ethyl adjacent to an activating group) is 1. The molecule has 1 aliphatic rings. The van der Waals surface area contributed by atoms with E-state index in [0.717, 1.165) is 62.9 Å². The molecule has 5 rings (SSSR count). The summed E-state index contributed by atoms with van der Waals surface area (Å²) in [6.45, 7) is 16.4. The lowest BCUT2D eigenvalue weighted by Crippen LogP contribution is -2.58. The molecule has 2 aromatic carbocycles. The van der Waals surface area contributed by atoms with E-state index in [2.05, 4.69) is 65.8 Å². The first-order chi connectivity index (χ1) is 28.2. The fraction of sp³-hybridized carbons (Fsp3) is 0.457. The quantitative estimate of drug-likeness (QED) is 0.0794. The minimum absolute atomic E-state index is 0.0296. The Kier molecular flexibility index (Phi) is 16.9. The maximum atomic E-state index is 14.0. The number of carbonyl (C=O) groups excluding carboxylic acids is 4. The number of aromatic nitrogens is 2. The Morgan fingerprint density at radius 3 is 2.46 bits per heavy atom. The molecule has 1 saturated heterocycles. The number of pyridine rings is 1. The number of aldehydes is 1. The lowest BCUT2D eigenvalue weighted by Gasteiger charge is -2.33. The van der Waals surface area contributed by atoms with E-state index in [-0.39, 0.29) is 36.5 Å². The summed E-state index contributed by atoms with van der Waals surface area (Å²) in [7, 11) is 5.39. The number of hydrazine groups is 1. The molecular weight excluding hydrogens is 749 g/mol. The van der Waals surface area contributed by atoms with Gasteiger partial charge >= 0.3 is 0 Å². The number of hydrogen-bond donors (Lipinski definition) is 3. The normalized spacial score (nSPS) is 14.0. The first-order valence-electron chi connectivity index (χ1n) is 20.2. The molecule has 2 atom stereocenters. The Morgan fingerprint density at radius 2 is 1.85 bits per heavy atom. The smallest absolute Gasteiger partial charge is 0.293 e. The van der Waals surface area contributed by atoms with Gasteiger partial charge in [0.25, 0.3) is 12.4 Å². The van der Waals surface area contributed by atoms with E-state index in [1.54, 1.807) is 30.4 Å². The van der Waals surface area contributed by atoms with Gasteiger partial charge in [-0.05, 0) is 111 Å². The molecule has 4 aromatic rings. The van der Waals surface area contributed by atoms with Gasteiger partial charge in [0.2, 0.25) is 5.91 Å². The van der Waals surface area contributed by atoms with E-state index in [9.17, 15) is 19.5 Å². The fourth-order valence-electron chi connectivity index (χ4n) is 7.96. The molecule has 0 spiro atoms. The van der Waals surface area contributed by atoms with Crippen molar-refractivity contribution in [3.8, 4) is 28.1 Å². The second-order valence-corrected chi connectivity index (χ2v) is 16.3. The number of nitrogens with one attached hydrogen (secondary N) is 2. The zero-order valence-electron chi connectivity index (χ0n) is 35.9. The molecule has 1 aliphatic heterocycles. The van der Waals surface area contributed by atoms with Gasteiger partial charge < -0.3 is 24.5 Å². The monoisotopic (exact) mass is 810 g/mol. The van der Waals surface area contributed by atoms with Gasteiger partial charge in [0.05, 0.1) is 30.6 Å². The number of methoxy groups -OCH3 is 1. The fourth-order valence-corrected chi connectivity index (χ4v) is 7.96. The molecular formula is C46H62N6O7. The highest BCUT2D eigenvalue weighted by Crippen LogP contribution is 2.41. The minimum atomic E-state index is -0.847. The van der Waals surface area contributed by atoms with Crippen LogP contribution in [0.3, 0.4) is 0 Å². The van der Waals surface area contributed by atoms with Crippen molar-refractivity contribution in [1.29, 1.82) is 0 Å². The summed E-state index contributed by atoms with van der Waals surface area (Å²) >= 11 is 0. The van der Waals surface area contributed by atoms with E-state index in [1.807, 2.05) is 51.0 Å². The Morgan fingerprint density at radius 1 is 1.10 bits per heavy atom. The zero-order chi connectivity index (χ0) is 43.3. The van der Waals surface area contributed by atoms with Crippen LogP contribution >= 0.6 is 0 Å². The highest BCUT2D eigenvalue weighted by molar-refractivity contribution is 5.95. The molecule has 3 N–H and O–H groups in total. The number of aryl methyl sites for hydroxylation is 1. The van der Waals surface area contributed by atoms with Gasteiger partial charge in [0.1, 0.15) is 18.1 Å². The molecule has 0 aliphatic carbocycles. The van der Waals surface area contributed by atoms with Crippen molar-refractivity contribution in [2.24, 2.45) is 11.3 Å². The number of rotatable bonds is 18. The molecule has 0 radical (unpaired) electrons. The number of ether oxygens (including phenoxy) is 2. The average Bonchev–Trinajstić information content (AvgIpc) is 3.51. The molecule has 1 fully saturated rings. The molecule has 13 nitrogen and oxygen atoms in total. The van der Waals surface area contributed by atoms with Crippen LogP contribution in [0.4, 0.5) is 0 Å². The lowest BCUT2D eigenvalue weighted by molar-refractivity contribution is -0.141. The van der Waals surface area contributed by atoms with Crippen LogP contribution in [0, 0.1) is 11.3 Å². The van der Waals surface area contributed by atoms with Gasteiger partial charge in [-0.3, -0.25) is 34.1 Å². The van der Waals surface area contributed by atoms with Crippen molar-refractivity contribution in [2.75, 3.05) is 40.9 Å². The topological polar surface area (TPSA) is 155 Å². The number of hydrogen-bond acceptors (Lipinski definition) is 10. The largest absolute Gasteiger partial charge is 0.508 e. The molecule has 2 unspecified atom stereocenters. The number of aromatic hydroxyl groups is 1. The van der Waals surface area contributed by atoms with Crippen LogP contribution in [-0.4, -0.2) is 102 Å². The van der Waals surface area contributed by atoms with Crippen LogP contribution < -0.4 is 10.7 Å². The van der Waals surface area contributed by atoms with Gasteiger partial charge in [-0.1, -0.05) is 46.4 Å². The Labute approximate surface area is 348 Å². The number of fused-ring (bicyclic) bond motifs is 1. The average molecular weight is 811 g/mol. The molecule has 3 heterocycles. The zero-order valence-corrected chi connectivity index (χ0v) is 35.9. The van der Waals surface area contributed by atoms with Crippen molar-refractivity contribution < 1.29 is 33.8 Å². The van der Waals surface area contributed by atoms with Crippen LogP contribution in [0.15, 0.2) is 67.4 Å². The summed E-state index contributed by atoms with van der Waals surface area (Å²) in [6.07, 6.45) is 6.26. The number of allylic oxidation sites excluding steroid dienone is 1. The van der Waals surface area contributed by atoms with Crippen LogP contribution in [0.25, 0.3) is 33.3 Å². The van der Waals surface area contributed by atoms with E-state index in [0.29, 0.717) is 45.4 Å². The van der Waals surface area contributed by atoms with Crippen LogP contribution in [0.1, 0.15) is 64.3 Å². The van der Waals surface area contributed by atoms with Crippen molar-refractivity contribution >= 4 is 35.5 Å². The van der Waals surface area contributed by atoms with Gasteiger partial charge in [-0.15, -0.1) is 0 Å². The predicted octanol–water partition coefficient (Wildman–Crippen LogP) is 6.10. The SMILES string of the molecule is C=CC=O.CCn1c(-c2cccnc2COC)c(CC(C)(C)COC=O)c2cc(-c3cc(O)cc(CC(NC(=O)C(C(C)C)N(C)C)C(=O)N4CCCCN4)c3)ccc21. The summed E-state index contributed by atoms with van der Waals surface area (Å²) in [5.41, 5.74) is 10.1. The number of amides is 2. The molecule has 2 aromatic heterocycles. The van der Waals surface area contributed by atoms with Crippen LogP contribution in [0.5, 0.6) is 5.75 Å². The summed E-state index contributed by atoms with van der Waals surface area (Å²) < 4.78 is 13.1. The predicted molar refractivity (Wildman–Crippen MR) is 231 cm³/mol. The molecule has 0 saturated carbocycles.